The quantitative estimate of drug-likeness (QED) is 0.659. The molecule has 0 atom stereocenters. The van der Waals surface area contributed by atoms with Crippen molar-refractivity contribution in [3.63, 3.8) is 0 Å². The summed E-state index contributed by atoms with van der Waals surface area (Å²) >= 11 is 3.69. The molecule has 0 amide bonds. The fraction of sp³-hybridized carbons (Fsp3) is 0.167. The van der Waals surface area contributed by atoms with Gasteiger partial charge in [0.25, 0.3) is 0 Å². The van der Waals surface area contributed by atoms with Crippen LogP contribution in [0.25, 0.3) is 17.1 Å². The minimum atomic E-state index is -4.32. The zero-order valence-corrected chi connectivity index (χ0v) is 12.8. The average Bonchev–Trinajstić information content (AvgIpc) is 2.98. The normalized spacial score (nSPS) is 16.7. The van der Waals surface area contributed by atoms with Gasteiger partial charge in [-0.3, -0.25) is 4.57 Å². The summed E-state index contributed by atoms with van der Waals surface area (Å²) in [7, 11) is 0. The molecule has 0 bridgehead atoms. The van der Waals surface area contributed by atoms with Gasteiger partial charge >= 0.3 is 6.18 Å². The van der Waals surface area contributed by atoms with Gasteiger partial charge in [0.15, 0.2) is 11.0 Å². The number of alkyl halides is 3. The van der Waals surface area contributed by atoms with Crippen LogP contribution < -0.4 is 0 Å². The number of rotatable bonds is 1. The van der Waals surface area contributed by atoms with Crippen molar-refractivity contribution in [3.05, 3.63) is 33.9 Å². The van der Waals surface area contributed by atoms with Crippen LogP contribution in [0.15, 0.2) is 33.5 Å². The second-order valence-corrected chi connectivity index (χ2v) is 5.67. The molecule has 0 radical (unpaired) electrons. The molecule has 1 aromatic heterocycles. The summed E-state index contributed by atoms with van der Waals surface area (Å²) < 4.78 is 41.5. The maximum Gasteiger partial charge on any atom is 0.416 e. The zero-order chi connectivity index (χ0) is 14.3. The van der Waals surface area contributed by atoms with Crippen molar-refractivity contribution in [2.75, 3.05) is 5.75 Å². The first-order chi connectivity index (χ1) is 9.50. The van der Waals surface area contributed by atoms with E-state index in [9.17, 15) is 13.2 Å². The number of aromatic nitrogens is 3. The van der Waals surface area contributed by atoms with Crippen molar-refractivity contribution < 1.29 is 13.2 Å². The lowest BCUT2D eigenvalue weighted by atomic mass is 10.1. The first-order valence-corrected chi connectivity index (χ1v) is 7.79. The first kappa shape index (κ1) is 13.9. The molecule has 1 aromatic carbocycles. The molecular weight excluding hydrogens is 402 g/mol. The van der Waals surface area contributed by atoms with Gasteiger partial charge in [-0.05, 0) is 16.2 Å². The van der Waals surface area contributed by atoms with Crippen LogP contribution in [-0.4, -0.2) is 20.5 Å². The Morgan fingerprint density at radius 2 is 1.90 bits per heavy atom. The number of halogens is 4. The number of fused-ring (bicyclic) bond motifs is 1. The highest BCUT2D eigenvalue weighted by Crippen LogP contribution is 2.37. The first-order valence-electron chi connectivity index (χ1n) is 5.56. The minimum Gasteiger partial charge on any atom is -0.273 e. The molecule has 2 heterocycles. The van der Waals surface area contributed by atoms with Gasteiger partial charge in [-0.1, -0.05) is 46.5 Å². The second-order valence-electron chi connectivity index (χ2n) is 4.11. The molecule has 0 N–H and O–H groups in total. The molecular formula is C12H7F3IN3S. The van der Waals surface area contributed by atoms with Gasteiger partial charge in [0, 0.05) is 17.0 Å². The van der Waals surface area contributed by atoms with Crippen LogP contribution in [0.5, 0.6) is 0 Å². The molecule has 104 valence electrons. The SMILES string of the molecule is FC(F)(F)c1ccc(-c2nnc3n2/C(=C/I)CS3)cc1. The van der Waals surface area contributed by atoms with Crippen molar-refractivity contribution in [3.8, 4) is 11.4 Å². The summed E-state index contributed by atoms with van der Waals surface area (Å²) in [4.78, 5) is 0. The molecule has 0 saturated carbocycles. The molecule has 3 rings (SSSR count). The van der Waals surface area contributed by atoms with E-state index in [4.69, 9.17) is 0 Å². The number of hydrogen-bond acceptors (Lipinski definition) is 3. The van der Waals surface area contributed by atoms with Crippen LogP contribution in [-0.2, 0) is 6.18 Å². The molecule has 3 nitrogen and oxygen atoms in total. The highest BCUT2D eigenvalue weighted by atomic mass is 127. The average molecular weight is 409 g/mol. The molecule has 0 unspecified atom stereocenters. The van der Waals surface area contributed by atoms with Gasteiger partial charge < -0.3 is 0 Å². The molecule has 0 spiro atoms. The van der Waals surface area contributed by atoms with Gasteiger partial charge in [-0.2, -0.15) is 13.2 Å². The summed E-state index contributed by atoms with van der Waals surface area (Å²) in [5.74, 6) is 1.36. The topological polar surface area (TPSA) is 30.7 Å². The Balaban J connectivity index is 2.03. The van der Waals surface area contributed by atoms with E-state index in [2.05, 4.69) is 32.8 Å². The van der Waals surface area contributed by atoms with E-state index >= 15 is 0 Å². The molecule has 0 fully saturated rings. The summed E-state index contributed by atoms with van der Waals surface area (Å²) in [5, 5.41) is 8.88. The van der Waals surface area contributed by atoms with E-state index in [1.807, 2.05) is 8.65 Å². The van der Waals surface area contributed by atoms with Gasteiger partial charge in [0.2, 0.25) is 0 Å². The van der Waals surface area contributed by atoms with E-state index in [1.165, 1.54) is 12.1 Å². The molecule has 0 aliphatic carbocycles. The number of thioether (sulfide) groups is 1. The molecule has 1 aliphatic rings. The van der Waals surface area contributed by atoms with Crippen LogP contribution in [0.1, 0.15) is 5.56 Å². The molecule has 2 aromatic rings. The fourth-order valence-electron chi connectivity index (χ4n) is 1.90. The van der Waals surface area contributed by atoms with Crippen molar-refractivity contribution >= 4 is 40.0 Å². The van der Waals surface area contributed by atoms with E-state index in [-0.39, 0.29) is 0 Å². The molecule has 1 aliphatic heterocycles. The lowest BCUT2D eigenvalue weighted by molar-refractivity contribution is -0.137. The molecule has 0 saturated heterocycles. The third-order valence-corrected chi connectivity index (χ3v) is 4.55. The van der Waals surface area contributed by atoms with Crippen LogP contribution in [0.4, 0.5) is 13.2 Å². The highest BCUT2D eigenvalue weighted by molar-refractivity contribution is 14.1. The van der Waals surface area contributed by atoms with Crippen LogP contribution in [0, 0.1) is 0 Å². The Labute approximate surface area is 130 Å². The highest BCUT2D eigenvalue weighted by Gasteiger charge is 2.30. The molecule has 20 heavy (non-hydrogen) atoms. The summed E-state index contributed by atoms with van der Waals surface area (Å²) in [5.41, 5.74) is 0.988. The van der Waals surface area contributed by atoms with Crippen molar-refractivity contribution in [1.82, 2.24) is 14.8 Å². The predicted octanol–water partition coefficient (Wildman–Crippen LogP) is 4.30. The van der Waals surface area contributed by atoms with Crippen molar-refractivity contribution in [2.45, 2.75) is 11.3 Å². The summed E-state index contributed by atoms with van der Waals surface area (Å²) in [6.45, 7) is 0. The van der Waals surface area contributed by atoms with E-state index in [1.54, 1.807) is 11.8 Å². The Morgan fingerprint density at radius 1 is 1.20 bits per heavy atom. The number of benzene rings is 1. The summed E-state index contributed by atoms with van der Waals surface area (Å²) in [6, 6.07) is 4.97. The van der Waals surface area contributed by atoms with Crippen molar-refractivity contribution in [2.24, 2.45) is 0 Å². The van der Waals surface area contributed by atoms with Gasteiger partial charge in [0.1, 0.15) is 0 Å². The van der Waals surface area contributed by atoms with Crippen LogP contribution in [0.2, 0.25) is 0 Å². The third-order valence-electron chi connectivity index (χ3n) is 2.87. The second kappa shape index (κ2) is 5.06. The summed E-state index contributed by atoms with van der Waals surface area (Å²) in [6.07, 6.45) is -4.32. The Kier molecular flexibility index (Phi) is 3.53. The van der Waals surface area contributed by atoms with E-state index < -0.39 is 11.7 Å². The number of nitrogens with zero attached hydrogens (tertiary/aromatic N) is 3. The monoisotopic (exact) mass is 409 g/mol. The fourth-order valence-corrected chi connectivity index (χ4v) is 3.62. The van der Waals surface area contributed by atoms with Gasteiger partial charge in [-0.25, -0.2) is 0 Å². The third kappa shape index (κ3) is 2.34. The molecule has 8 heteroatoms. The largest absolute Gasteiger partial charge is 0.416 e. The lowest BCUT2D eigenvalue weighted by Gasteiger charge is -2.08. The minimum absolute atomic E-state index is 0.571. The van der Waals surface area contributed by atoms with E-state index in [0.29, 0.717) is 11.4 Å². The Bertz CT molecular complexity index is 676. The lowest BCUT2D eigenvalue weighted by Crippen LogP contribution is -2.04. The Morgan fingerprint density at radius 3 is 2.50 bits per heavy atom. The maximum atomic E-state index is 12.6. The van der Waals surface area contributed by atoms with Crippen LogP contribution in [0.3, 0.4) is 0 Å². The maximum absolute atomic E-state index is 12.6. The standard InChI is InChI=1S/C12H7F3IN3S/c13-12(14,15)8-3-1-7(2-4-8)10-17-18-11-19(10)9(5-16)6-20-11/h1-5H,6H2/b9-5+. The number of hydrogen-bond donors (Lipinski definition) is 0. The van der Waals surface area contributed by atoms with Gasteiger partial charge in [-0.15, -0.1) is 10.2 Å². The van der Waals surface area contributed by atoms with E-state index in [0.717, 1.165) is 28.7 Å². The zero-order valence-electron chi connectivity index (χ0n) is 9.86. The van der Waals surface area contributed by atoms with Gasteiger partial charge in [0.05, 0.1) is 5.56 Å². The van der Waals surface area contributed by atoms with Crippen molar-refractivity contribution in [1.29, 1.82) is 0 Å². The predicted molar refractivity (Wildman–Crippen MR) is 79.5 cm³/mol. The Hall–Kier alpha value is -1.03. The van der Waals surface area contributed by atoms with Crippen LogP contribution >= 0.6 is 34.4 Å². The smallest absolute Gasteiger partial charge is 0.273 e.